The van der Waals surface area contributed by atoms with Gasteiger partial charge in [-0.25, -0.2) is 0 Å². The molecule has 138 valence electrons. The summed E-state index contributed by atoms with van der Waals surface area (Å²) >= 11 is 0. The molecule has 0 radical (unpaired) electrons. The standard InChI is InChI=1S/C20H23NO5/c1-12(2)9-21-19(13-3-5-15-17(7-13)25-10-23-15)20(22)14-4-6-16-18(8-14)26-11-24-16/h3-8,12,19-22H,9-11H2,1-2H3. The third-order valence-corrected chi connectivity index (χ3v) is 4.56. The summed E-state index contributed by atoms with van der Waals surface area (Å²) in [7, 11) is 0. The highest BCUT2D eigenvalue weighted by atomic mass is 16.7. The number of fused-ring (bicyclic) bond motifs is 2. The molecule has 0 fully saturated rings. The Morgan fingerprint density at radius 3 is 2.00 bits per heavy atom. The third kappa shape index (κ3) is 3.30. The summed E-state index contributed by atoms with van der Waals surface area (Å²) in [5.41, 5.74) is 1.72. The maximum absolute atomic E-state index is 11.1. The van der Waals surface area contributed by atoms with Crippen molar-refractivity contribution in [3.63, 3.8) is 0 Å². The lowest BCUT2D eigenvalue weighted by molar-refractivity contribution is 0.126. The van der Waals surface area contributed by atoms with Crippen molar-refractivity contribution in [2.24, 2.45) is 5.92 Å². The van der Waals surface area contributed by atoms with Crippen LogP contribution in [0.1, 0.15) is 37.1 Å². The van der Waals surface area contributed by atoms with Crippen LogP contribution in [0.15, 0.2) is 36.4 Å². The van der Waals surface area contributed by atoms with Crippen molar-refractivity contribution in [1.82, 2.24) is 5.32 Å². The van der Waals surface area contributed by atoms with E-state index in [2.05, 4.69) is 19.2 Å². The lowest BCUT2D eigenvalue weighted by atomic mass is 9.94. The summed E-state index contributed by atoms with van der Waals surface area (Å²) in [6, 6.07) is 11.0. The highest BCUT2D eigenvalue weighted by Gasteiger charge is 2.26. The molecular formula is C20H23NO5. The van der Waals surface area contributed by atoms with Crippen molar-refractivity contribution in [2.75, 3.05) is 20.1 Å². The van der Waals surface area contributed by atoms with Crippen LogP contribution in [0.5, 0.6) is 23.0 Å². The molecule has 0 aromatic heterocycles. The summed E-state index contributed by atoms with van der Waals surface area (Å²) in [6.45, 7) is 5.49. The summed E-state index contributed by atoms with van der Waals surface area (Å²) in [5.74, 6) is 3.26. The number of hydrogen-bond donors (Lipinski definition) is 2. The van der Waals surface area contributed by atoms with Crippen LogP contribution in [0, 0.1) is 5.92 Å². The van der Waals surface area contributed by atoms with E-state index < -0.39 is 6.10 Å². The summed E-state index contributed by atoms with van der Waals surface area (Å²) in [4.78, 5) is 0. The zero-order chi connectivity index (χ0) is 18.1. The monoisotopic (exact) mass is 357 g/mol. The zero-order valence-electron chi connectivity index (χ0n) is 14.9. The van der Waals surface area contributed by atoms with E-state index in [4.69, 9.17) is 18.9 Å². The van der Waals surface area contributed by atoms with Gasteiger partial charge in [-0.1, -0.05) is 26.0 Å². The Hall–Kier alpha value is -2.44. The number of hydrogen-bond acceptors (Lipinski definition) is 6. The van der Waals surface area contributed by atoms with Crippen molar-refractivity contribution >= 4 is 0 Å². The van der Waals surface area contributed by atoms with Gasteiger partial charge in [-0.05, 0) is 47.9 Å². The highest BCUT2D eigenvalue weighted by Crippen LogP contribution is 2.40. The van der Waals surface area contributed by atoms with Crippen molar-refractivity contribution in [3.8, 4) is 23.0 Å². The average Bonchev–Trinajstić information content (AvgIpc) is 3.29. The second kappa shape index (κ2) is 7.05. The van der Waals surface area contributed by atoms with Gasteiger partial charge in [0, 0.05) is 0 Å². The lowest BCUT2D eigenvalue weighted by Gasteiger charge is -2.26. The maximum Gasteiger partial charge on any atom is 0.231 e. The quantitative estimate of drug-likeness (QED) is 0.828. The summed E-state index contributed by atoms with van der Waals surface area (Å²) in [6.07, 6.45) is -0.747. The predicted molar refractivity (Wildman–Crippen MR) is 95.7 cm³/mol. The summed E-state index contributed by atoms with van der Waals surface area (Å²) < 4.78 is 21.7. The van der Waals surface area contributed by atoms with Crippen LogP contribution < -0.4 is 24.3 Å². The number of benzene rings is 2. The molecule has 0 spiro atoms. The highest BCUT2D eigenvalue weighted by molar-refractivity contribution is 5.48. The number of aliphatic hydroxyl groups excluding tert-OH is 1. The van der Waals surface area contributed by atoms with E-state index in [-0.39, 0.29) is 19.6 Å². The van der Waals surface area contributed by atoms with Crippen LogP contribution in [0.3, 0.4) is 0 Å². The Morgan fingerprint density at radius 1 is 0.846 bits per heavy atom. The Morgan fingerprint density at radius 2 is 1.38 bits per heavy atom. The fraction of sp³-hybridized carbons (Fsp3) is 0.400. The molecule has 2 aromatic carbocycles. The smallest absolute Gasteiger partial charge is 0.231 e. The normalized spacial score (nSPS) is 16.8. The van der Waals surface area contributed by atoms with Crippen LogP contribution >= 0.6 is 0 Å². The molecule has 2 atom stereocenters. The molecule has 2 aromatic rings. The Kier molecular flexibility index (Phi) is 4.61. The fourth-order valence-corrected chi connectivity index (χ4v) is 3.17. The average molecular weight is 357 g/mol. The first-order valence-electron chi connectivity index (χ1n) is 8.82. The first-order valence-corrected chi connectivity index (χ1v) is 8.82. The predicted octanol–water partition coefficient (Wildman–Crippen LogP) is 3.16. The van der Waals surface area contributed by atoms with Gasteiger partial charge < -0.3 is 29.4 Å². The lowest BCUT2D eigenvalue weighted by Crippen LogP contribution is -2.30. The number of nitrogens with one attached hydrogen (secondary N) is 1. The maximum atomic E-state index is 11.1. The largest absolute Gasteiger partial charge is 0.454 e. The third-order valence-electron chi connectivity index (χ3n) is 4.56. The van der Waals surface area contributed by atoms with Gasteiger partial charge in [0.25, 0.3) is 0 Å². The molecule has 2 N–H and O–H groups in total. The summed E-state index contributed by atoms with van der Waals surface area (Å²) in [5, 5.41) is 14.6. The van der Waals surface area contributed by atoms with Gasteiger partial charge in [0.05, 0.1) is 12.1 Å². The molecule has 0 saturated heterocycles. The molecule has 0 aliphatic carbocycles. The second-order valence-corrected chi connectivity index (χ2v) is 6.95. The van der Waals surface area contributed by atoms with Crippen LogP contribution in [0.2, 0.25) is 0 Å². The fourth-order valence-electron chi connectivity index (χ4n) is 3.17. The molecule has 0 saturated carbocycles. The van der Waals surface area contributed by atoms with Crippen LogP contribution in [-0.2, 0) is 0 Å². The van der Waals surface area contributed by atoms with Crippen LogP contribution in [-0.4, -0.2) is 25.2 Å². The Balaban J connectivity index is 1.64. The molecule has 4 rings (SSSR count). The SMILES string of the molecule is CC(C)CNC(c1ccc2c(c1)OCO2)C(O)c1ccc2c(c1)OCO2. The molecule has 2 aliphatic heterocycles. The van der Waals surface area contributed by atoms with E-state index in [0.717, 1.165) is 23.4 Å². The van der Waals surface area contributed by atoms with E-state index in [1.807, 2.05) is 36.4 Å². The molecule has 6 heteroatoms. The van der Waals surface area contributed by atoms with E-state index in [1.165, 1.54) is 0 Å². The van der Waals surface area contributed by atoms with Gasteiger partial charge in [-0.3, -0.25) is 0 Å². The molecular weight excluding hydrogens is 334 g/mol. The van der Waals surface area contributed by atoms with Crippen LogP contribution in [0.25, 0.3) is 0 Å². The van der Waals surface area contributed by atoms with Gasteiger partial charge in [0.1, 0.15) is 0 Å². The Labute approximate surface area is 152 Å². The number of rotatable bonds is 6. The van der Waals surface area contributed by atoms with Gasteiger partial charge in [0.2, 0.25) is 13.6 Å². The first-order chi connectivity index (χ1) is 12.6. The molecule has 2 heterocycles. The first kappa shape index (κ1) is 17.0. The van der Waals surface area contributed by atoms with Crippen molar-refractivity contribution in [1.29, 1.82) is 0 Å². The number of aliphatic hydroxyl groups is 1. The van der Waals surface area contributed by atoms with E-state index in [0.29, 0.717) is 23.2 Å². The van der Waals surface area contributed by atoms with E-state index >= 15 is 0 Å². The molecule has 2 unspecified atom stereocenters. The van der Waals surface area contributed by atoms with E-state index in [1.54, 1.807) is 0 Å². The molecule has 0 amide bonds. The molecule has 26 heavy (non-hydrogen) atoms. The minimum Gasteiger partial charge on any atom is -0.454 e. The van der Waals surface area contributed by atoms with Crippen molar-refractivity contribution < 1.29 is 24.1 Å². The van der Waals surface area contributed by atoms with Gasteiger partial charge >= 0.3 is 0 Å². The zero-order valence-corrected chi connectivity index (χ0v) is 14.9. The Bertz CT molecular complexity index is 792. The minimum absolute atomic E-state index is 0.214. The van der Waals surface area contributed by atoms with Gasteiger partial charge in [-0.2, -0.15) is 0 Å². The van der Waals surface area contributed by atoms with E-state index in [9.17, 15) is 5.11 Å². The topological polar surface area (TPSA) is 69.2 Å². The molecule has 2 aliphatic rings. The van der Waals surface area contributed by atoms with Crippen molar-refractivity contribution in [2.45, 2.75) is 26.0 Å². The molecule has 0 bridgehead atoms. The van der Waals surface area contributed by atoms with Gasteiger partial charge in [0.15, 0.2) is 23.0 Å². The van der Waals surface area contributed by atoms with Crippen LogP contribution in [0.4, 0.5) is 0 Å². The van der Waals surface area contributed by atoms with Gasteiger partial charge in [-0.15, -0.1) is 0 Å². The second-order valence-electron chi connectivity index (χ2n) is 6.95. The minimum atomic E-state index is -0.747. The number of ether oxygens (including phenoxy) is 4. The van der Waals surface area contributed by atoms with Crippen molar-refractivity contribution in [3.05, 3.63) is 47.5 Å². The molecule has 6 nitrogen and oxygen atoms in total.